The van der Waals surface area contributed by atoms with Gasteiger partial charge in [-0.1, -0.05) is 0 Å². The summed E-state index contributed by atoms with van der Waals surface area (Å²) in [4.78, 5) is 3.82. The first-order valence-corrected chi connectivity index (χ1v) is 4.02. The largest absolute Gasteiger partial charge is 0.325 e. The highest BCUT2D eigenvalue weighted by Gasteiger charge is 2.27. The molecule has 0 saturated carbocycles. The molecule has 1 rings (SSSR count). The summed E-state index contributed by atoms with van der Waals surface area (Å²) in [5.41, 5.74) is 6.31. The summed E-state index contributed by atoms with van der Waals surface area (Å²) in [6.45, 7) is 1.14. The van der Waals surface area contributed by atoms with Gasteiger partial charge in [-0.15, -0.1) is 0 Å². The molecule has 0 saturated heterocycles. The molecule has 0 fully saturated rings. The quantitative estimate of drug-likeness (QED) is 0.777. The van der Waals surface area contributed by atoms with Crippen LogP contribution in [-0.4, -0.2) is 17.5 Å². The molecule has 4 heteroatoms. The molecule has 0 aliphatic rings. The molecule has 0 radical (unpaired) electrons. The lowest BCUT2D eigenvalue weighted by atomic mass is 10.0. The van der Waals surface area contributed by atoms with E-state index in [0.29, 0.717) is 5.56 Å². The highest BCUT2D eigenvalue weighted by Crippen LogP contribution is 2.19. The van der Waals surface area contributed by atoms with Crippen LogP contribution in [0.15, 0.2) is 18.5 Å². The van der Waals surface area contributed by atoms with E-state index < -0.39 is 12.5 Å². The summed E-state index contributed by atoms with van der Waals surface area (Å²) in [6, 6.07) is 1.60. The van der Waals surface area contributed by atoms with Gasteiger partial charge in [0.25, 0.3) is 5.92 Å². The van der Waals surface area contributed by atoms with Gasteiger partial charge in [-0.3, -0.25) is 4.98 Å². The Morgan fingerprint density at radius 3 is 2.77 bits per heavy atom. The summed E-state index contributed by atoms with van der Waals surface area (Å²) in [7, 11) is 0. The predicted octanol–water partition coefficient (Wildman–Crippen LogP) is 1.53. The number of hydrogen-bond acceptors (Lipinski definition) is 2. The van der Waals surface area contributed by atoms with Crippen molar-refractivity contribution < 1.29 is 8.78 Å². The molecule has 1 aromatic heterocycles. The maximum absolute atomic E-state index is 12.9. The SMILES string of the molecule is Cc1cnccc1CC(F)(F)CN. The van der Waals surface area contributed by atoms with E-state index in [9.17, 15) is 8.78 Å². The van der Waals surface area contributed by atoms with E-state index in [1.54, 1.807) is 19.2 Å². The van der Waals surface area contributed by atoms with Gasteiger partial charge < -0.3 is 5.73 Å². The van der Waals surface area contributed by atoms with Crippen LogP contribution in [0.3, 0.4) is 0 Å². The Hall–Kier alpha value is -1.03. The fraction of sp³-hybridized carbons (Fsp3) is 0.444. The topological polar surface area (TPSA) is 38.9 Å². The van der Waals surface area contributed by atoms with Gasteiger partial charge in [-0.25, -0.2) is 8.78 Å². The number of pyridine rings is 1. The number of nitrogens with zero attached hydrogens (tertiary/aromatic N) is 1. The highest BCUT2D eigenvalue weighted by atomic mass is 19.3. The molecular weight excluding hydrogens is 174 g/mol. The molecule has 0 aromatic carbocycles. The minimum atomic E-state index is -2.81. The second kappa shape index (κ2) is 3.79. The average molecular weight is 186 g/mol. The molecule has 0 atom stereocenters. The zero-order chi connectivity index (χ0) is 9.90. The van der Waals surface area contributed by atoms with E-state index >= 15 is 0 Å². The van der Waals surface area contributed by atoms with E-state index in [0.717, 1.165) is 5.56 Å². The number of aromatic nitrogens is 1. The van der Waals surface area contributed by atoms with E-state index in [4.69, 9.17) is 5.73 Å². The number of hydrogen-bond donors (Lipinski definition) is 1. The second-order valence-electron chi connectivity index (χ2n) is 3.04. The van der Waals surface area contributed by atoms with Crippen molar-refractivity contribution in [3.8, 4) is 0 Å². The molecule has 0 spiro atoms. The van der Waals surface area contributed by atoms with Crippen molar-refractivity contribution in [1.82, 2.24) is 4.98 Å². The Bertz CT molecular complexity index is 287. The van der Waals surface area contributed by atoms with Crippen LogP contribution in [-0.2, 0) is 6.42 Å². The van der Waals surface area contributed by atoms with Gasteiger partial charge in [0.15, 0.2) is 0 Å². The van der Waals surface area contributed by atoms with Crippen molar-refractivity contribution in [3.05, 3.63) is 29.6 Å². The third-order valence-electron chi connectivity index (χ3n) is 1.88. The van der Waals surface area contributed by atoms with Gasteiger partial charge in [0, 0.05) is 18.8 Å². The summed E-state index contributed by atoms with van der Waals surface area (Å²) in [5.74, 6) is -2.81. The molecular formula is C9H12F2N2. The number of halogens is 2. The van der Waals surface area contributed by atoms with Gasteiger partial charge in [0.05, 0.1) is 6.54 Å². The molecule has 2 N–H and O–H groups in total. The van der Waals surface area contributed by atoms with Crippen LogP contribution < -0.4 is 5.73 Å². The van der Waals surface area contributed by atoms with Crippen LogP contribution in [0.4, 0.5) is 8.78 Å². The van der Waals surface area contributed by atoms with Gasteiger partial charge >= 0.3 is 0 Å². The fourth-order valence-electron chi connectivity index (χ4n) is 1.05. The molecule has 1 aromatic rings. The van der Waals surface area contributed by atoms with Gasteiger partial charge in [-0.2, -0.15) is 0 Å². The Morgan fingerprint density at radius 2 is 2.23 bits per heavy atom. The summed E-state index contributed by atoms with van der Waals surface area (Å²) < 4.78 is 25.7. The molecule has 0 aliphatic carbocycles. The molecule has 0 bridgehead atoms. The zero-order valence-corrected chi connectivity index (χ0v) is 7.43. The third-order valence-corrected chi connectivity index (χ3v) is 1.88. The van der Waals surface area contributed by atoms with Crippen LogP contribution >= 0.6 is 0 Å². The summed E-state index contributed by atoms with van der Waals surface area (Å²) in [6.07, 6.45) is 2.77. The minimum Gasteiger partial charge on any atom is -0.325 e. The molecule has 13 heavy (non-hydrogen) atoms. The third kappa shape index (κ3) is 2.73. The first-order valence-electron chi connectivity index (χ1n) is 4.02. The number of rotatable bonds is 3. The smallest absolute Gasteiger partial charge is 0.264 e. The van der Waals surface area contributed by atoms with Crippen molar-refractivity contribution >= 4 is 0 Å². The molecule has 0 aliphatic heterocycles. The maximum Gasteiger partial charge on any atom is 0.264 e. The summed E-state index contributed by atoms with van der Waals surface area (Å²) >= 11 is 0. The molecule has 2 nitrogen and oxygen atoms in total. The standard InChI is InChI=1S/C9H12F2N2/c1-7-5-13-3-2-8(7)4-9(10,11)6-12/h2-3,5H,4,6,12H2,1H3. The molecule has 72 valence electrons. The molecule has 0 unspecified atom stereocenters. The van der Waals surface area contributed by atoms with Crippen LogP contribution in [0.2, 0.25) is 0 Å². The van der Waals surface area contributed by atoms with Crippen molar-refractivity contribution in [1.29, 1.82) is 0 Å². The number of aryl methyl sites for hydroxylation is 1. The van der Waals surface area contributed by atoms with Crippen molar-refractivity contribution in [2.75, 3.05) is 6.54 Å². The van der Waals surface area contributed by atoms with Crippen molar-refractivity contribution in [3.63, 3.8) is 0 Å². The van der Waals surface area contributed by atoms with Crippen molar-refractivity contribution in [2.24, 2.45) is 5.73 Å². The second-order valence-corrected chi connectivity index (χ2v) is 3.04. The Labute approximate surface area is 75.8 Å². The number of nitrogens with two attached hydrogens (primary N) is 1. The number of alkyl halides is 2. The lowest BCUT2D eigenvalue weighted by molar-refractivity contribution is 0.0113. The Balaban J connectivity index is 2.80. The van der Waals surface area contributed by atoms with E-state index in [-0.39, 0.29) is 6.42 Å². The maximum atomic E-state index is 12.9. The van der Waals surface area contributed by atoms with E-state index in [1.165, 1.54) is 6.20 Å². The van der Waals surface area contributed by atoms with Gasteiger partial charge in [0.1, 0.15) is 0 Å². The molecule has 1 heterocycles. The van der Waals surface area contributed by atoms with Gasteiger partial charge in [0.2, 0.25) is 0 Å². The Kier molecular flexibility index (Phi) is 2.93. The highest BCUT2D eigenvalue weighted by molar-refractivity contribution is 5.22. The van der Waals surface area contributed by atoms with Crippen molar-refractivity contribution in [2.45, 2.75) is 19.3 Å². The van der Waals surface area contributed by atoms with Crippen LogP contribution in [0, 0.1) is 6.92 Å². The van der Waals surface area contributed by atoms with Crippen LogP contribution in [0.1, 0.15) is 11.1 Å². The Morgan fingerprint density at radius 1 is 1.54 bits per heavy atom. The van der Waals surface area contributed by atoms with Crippen LogP contribution in [0.25, 0.3) is 0 Å². The minimum absolute atomic E-state index is 0.308. The van der Waals surface area contributed by atoms with Gasteiger partial charge in [-0.05, 0) is 24.1 Å². The lowest BCUT2D eigenvalue weighted by Crippen LogP contribution is -2.30. The zero-order valence-electron chi connectivity index (χ0n) is 7.43. The van der Waals surface area contributed by atoms with Crippen LogP contribution in [0.5, 0.6) is 0 Å². The molecule has 0 amide bonds. The average Bonchev–Trinajstić information content (AvgIpc) is 2.09. The monoisotopic (exact) mass is 186 g/mol. The normalized spacial score (nSPS) is 11.7. The van der Waals surface area contributed by atoms with E-state index in [1.807, 2.05) is 0 Å². The fourth-order valence-corrected chi connectivity index (χ4v) is 1.05. The lowest BCUT2D eigenvalue weighted by Gasteiger charge is -2.14. The first-order chi connectivity index (χ1) is 6.05. The van der Waals surface area contributed by atoms with E-state index in [2.05, 4.69) is 4.98 Å². The predicted molar refractivity (Wildman–Crippen MR) is 46.7 cm³/mol. The first kappa shape index (κ1) is 10.1. The summed E-state index contributed by atoms with van der Waals surface area (Å²) in [5, 5.41) is 0.